The summed E-state index contributed by atoms with van der Waals surface area (Å²) in [6, 6.07) is 6.78. The van der Waals surface area contributed by atoms with Crippen LogP contribution in [0.5, 0.6) is 0 Å². The molecule has 0 heterocycles. The molecule has 1 unspecified atom stereocenters. The van der Waals surface area contributed by atoms with E-state index in [0.29, 0.717) is 16.2 Å². The van der Waals surface area contributed by atoms with Crippen molar-refractivity contribution in [2.75, 3.05) is 5.75 Å². The first kappa shape index (κ1) is 9.86. The van der Waals surface area contributed by atoms with Crippen molar-refractivity contribution in [3.05, 3.63) is 42.5 Å². The van der Waals surface area contributed by atoms with E-state index in [1.165, 1.54) is 0 Å². The number of hydrogen-bond donors (Lipinski definition) is 0. The van der Waals surface area contributed by atoms with Gasteiger partial charge in [0.2, 0.25) is 0 Å². The summed E-state index contributed by atoms with van der Waals surface area (Å²) < 4.78 is 11.4. The van der Waals surface area contributed by atoms with Gasteiger partial charge in [-0.05, 0) is 12.1 Å². The van der Waals surface area contributed by atoms with Crippen LogP contribution in [-0.2, 0) is 10.8 Å². The van der Waals surface area contributed by atoms with Crippen molar-refractivity contribution < 1.29 is 9.00 Å². The Hall–Kier alpha value is -1.22. The van der Waals surface area contributed by atoms with Crippen LogP contribution in [0.15, 0.2) is 41.8 Å². The van der Waals surface area contributed by atoms with Crippen LogP contribution in [0, 0.1) is 0 Å². The fourth-order valence-corrected chi connectivity index (χ4v) is 1.84. The molecule has 1 aromatic carbocycles. The van der Waals surface area contributed by atoms with E-state index in [0.717, 1.165) is 6.29 Å². The number of carbonyl (C=O) groups is 1. The zero-order chi connectivity index (χ0) is 9.68. The van der Waals surface area contributed by atoms with Gasteiger partial charge in [-0.15, -0.1) is 6.58 Å². The quantitative estimate of drug-likeness (QED) is 0.541. The molecule has 0 aromatic heterocycles. The summed E-state index contributed by atoms with van der Waals surface area (Å²) in [5.74, 6) is 0.419. The lowest BCUT2D eigenvalue weighted by atomic mass is 10.2. The van der Waals surface area contributed by atoms with E-state index in [1.54, 1.807) is 30.3 Å². The maximum atomic E-state index is 11.4. The lowest BCUT2D eigenvalue weighted by Crippen LogP contribution is -1.95. The summed E-state index contributed by atoms with van der Waals surface area (Å²) in [4.78, 5) is 11.1. The fourth-order valence-electron chi connectivity index (χ4n) is 0.933. The van der Waals surface area contributed by atoms with Gasteiger partial charge in [0.1, 0.15) is 6.29 Å². The molecule has 0 radical (unpaired) electrons. The van der Waals surface area contributed by atoms with Crippen LogP contribution < -0.4 is 0 Å². The summed E-state index contributed by atoms with van der Waals surface area (Å²) in [7, 11) is -1.07. The SMILES string of the molecule is C=CCS(=O)c1cccc(C=O)c1. The second kappa shape index (κ2) is 4.72. The largest absolute Gasteiger partial charge is 0.298 e. The Balaban J connectivity index is 2.94. The Kier molecular flexibility index (Phi) is 3.58. The molecule has 0 saturated heterocycles. The summed E-state index contributed by atoms with van der Waals surface area (Å²) in [6.07, 6.45) is 2.35. The van der Waals surface area contributed by atoms with Gasteiger partial charge in [-0.1, -0.05) is 18.2 Å². The van der Waals surface area contributed by atoms with Crippen LogP contribution in [0.3, 0.4) is 0 Å². The molecule has 0 spiro atoms. The van der Waals surface area contributed by atoms with E-state index in [1.807, 2.05) is 0 Å². The predicted molar refractivity (Wildman–Crippen MR) is 53.3 cm³/mol. The van der Waals surface area contributed by atoms with Crippen LogP contribution >= 0.6 is 0 Å². The van der Waals surface area contributed by atoms with Crippen molar-refractivity contribution in [3.8, 4) is 0 Å². The van der Waals surface area contributed by atoms with Crippen LogP contribution in [0.4, 0.5) is 0 Å². The number of benzene rings is 1. The number of hydrogen-bond acceptors (Lipinski definition) is 2. The average Bonchev–Trinajstić information content (AvgIpc) is 2.18. The van der Waals surface area contributed by atoms with Crippen molar-refractivity contribution >= 4 is 17.1 Å². The number of rotatable bonds is 4. The minimum atomic E-state index is -1.07. The molecule has 0 bridgehead atoms. The molecule has 2 nitrogen and oxygen atoms in total. The van der Waals surface area contributed by atoms with Gasteiger partial charge in [-0.3, -0.25) is 9.00 Å². The zero-order valence-corrected chi connectivity index (χ0v) is 7.92. The molecule has 0 fully saturated rings. The molecule has 0 aliphatic heterocycles. The molecule has 1 aromatic rings. The number of carbonyl (C=O) groups excluding carboxylic acids is 1. The van der Waals surface area contributed by atoms with Gasteiger partial charge in [0, 0.05) is 16.2 Å². The van der Waals surface area contributed by atoms with Crippen molar-refractivity contribution in [1.82, 2.24) is 0 Å². The van der Waals surface area contributed by atoms with E-state index in [2.05, 4.69) is 6.58 Å². The molecule has 13 heavy (non-hydrogen) atoms. The number of aldehydes is 1. The van der Waals surface area contributed by atoms with E-state index >= 15 is 0 Å². The van der Waals surface area contributed by atoms with Crippen LogP contribution in [0.25, 0.3) is 0 Å². The third-order valence-electron chi connectivity index (χ3n) is 1.53. The summed E-state index contributed by atoms with van der Waals surface area (Å²) in [5, 5.41) is 0. The molecular formula is C10H10O2S. The lowest BCUT2D eigenvalue weighted by molar-refractivity contribution is 0.112. The Morgan fingerprint density at radius 3 is 2.85 bits per heavy atom. The third kappa shape index (κ3) is 2.63. The van der Waals surface area contributed by atoms with Gasteiger partial charge >= 0.3 is 0 Å². The highest BCUT2D eigenvalue weighted by Gasteiger charge is 2.01. The third-order valence-corrected chi connectivity index (χ3v) is 2.84. The summed E-state index contributed by atoms with van der Waals surface area (Å²) in [6.45, 7) is 3.51. The molecule has 0 aliphatic rings. The fraction of sp³-hybridized carbons (Fsp3) is 0.100. The van der Waals surface area contributed by atoms with E-state index in [9.17, 15) is 9.00 Å². The standard InChI is InChI=1S/C10H10O2S/c1-2-6-13(12)10-5-3-4-9(7-10)8-11/h2-5,7-8H,1,6H2. The second-order valence-electron chi connectivity index (χ2n) is 2.49. The van der Waals surface area contributed by atoms with Crippen LogP contribution in [0.2, 0.25) is 0 Å². The first-order valence-corrected chi connectivity index (χ1v) is 5.14. The maximum absolute atomic E-state index is 11.4. The lowest BCUT2D eigenvalue weighted by Gasteiger charge is -1.98. The van der Waals surface area contributed by atoms with Crippen LogP contribution in [0.1, 0.15) is 10.4 Å². The van der Waals surface area contributed by atoms with Crippen molar-refractivity contribution in [3.63, 3.8) is 0 Å². The predicted octanol–water partition coefficient (Wildman–Crippen LogP) is 1.79. The first-order chi connectivity index (χ1) is 6.27. The van der Waals surface area contributed by atoms with Crippen LogP contribution in [-0.4, -0.2) is 16.2 Å². The molecular weight excluding hydrogens is 184 g/mol. The van der Waals surface area contributed by atoms with E-state index in [-0.39, 0.29) is 0 Å². The molecule has 3 heteroatoms. The summed E-state index contributed by atoms with van der Waals surface area (Å²) >= 11 is 0. The molecule has 0 N–H and O–H groups in total. The van der Waals surface area contributed by atoms with Gasteiger partial charge < -0.3 is 0 Å². The summed E-state index contributed by atoms with van der Waals surface area (Å²) in [5.41, 5.74) is 0.551. The normalized spacial score (nSPS) is 12.0. The smallest absolute Gasteiger partial charge is 0.150 e. The molecule has 0 aliphatic carbocycles. The highest BCUT2D eigenvalue weighted by Crippen LogP contribution is 2.08. The van der Waals surface area contributed by atoms with Gasteiger partial charge in [0.15, 0.2) is 0 Å². The Bertz CT molecular complexity index is 345. The second-order valence-corrected chi connectivity index (χ2v) is 3.99. The highest BCUT2D eigenvalue weighted by atomic mass is 32.2. The average molecular weight is 194 g/mol. The zero-order valence-electron chi connectivity index (χ0n) is 7.10. The maximum Gasteiger partial charge on any atom is 0.150 e. The molecule has 1 rings (SSSR count). The Morgan fingerprint density at radius 2 is 2.23 bits per heavy atom. The Labute approximate surface area is 79.7 Å². The van der Waals surface area contributed by atoms with Gasteiger partial charge in [0.25, 0.3) is 0 Å². The molecule has 1 atom stereocenters. The van der Waals surface area contributed by atoms with Crippen molar-refractivity contribution in [2.45, 2.75) is 4.90 Å². The topological polar surface area (TPSA) is 34.1 Å². The monoisotopic (exact) mass is 194 g/mol. The molecule has 0 amide bonds. The minimum absolute atomic E-state index is 0.419. The highest BCUT2D eigenvalue weighted by molar-refractivity contribution is 7.85. The van der Waals surface area contributed by atoms with Crippen molar-refractivity contribution in [1.29, 1.82) is 0 Å². The van der Waals surface area contributed by atoms with E-state index < -0.39 is 10.8 Å². The van der Waals surface area contributed by atoms with Gasteiger partial charge in [-0.25, -0.2) is 0 Å². The molecule has 68 valence electrons. The minimum Gasteiger partial charge on any atom is -0.298 e. The Morgan fingerprint density at radius 1 is 1.46 bits per heavy atom. The van der Waals surface area contributed by atoms with Gasteiger partial charge in [-0.2, -0.15) is 0 Å². The first-order valence-electron chi connectivity index (χ1n) is 3.82. The van der Waals surface area contributed by atoms with Crippen molar-refractivity contribution in [2.24, 2.45) is 0 Å². The van der Waals surface area contributed by atoms with E-state index in [4.69, 9.17) is 0 Å². The van der Waals surface area contributed by atoms with Gasteiger partial charge in [0.05, 0.1) is 10.8 Å². The molecule has 0 saturated carbocycles.